The van der Waals surface area contributed by atoms with E-state index in [-0.39, 0.29) is 12.2 Å². The van der Waals surface area contributed by atoms with Crippen LogP contribution in [0.15, 0.2) is 52.9 Å². The maximum absolute atomic E-state index is 13.4. The van der Waals surface area contributed by atoms with Crippen molar-refractivity contribution in [1.29, 1.82) is 0 Å². The van der Waals surface area contributed by atoms with Crippen LogP contribution in [0.5, 0.6) is 0 Å². The molecule has 0 aliphatic rings. The van der Waals surface area contributed by atoms with Gasteiger partial charge in [0.25, 0.3) is 0 Å². The van der Waals surface area contributed by atoms with Crippen LogP contribution < -0.4 is 5.32 Å². The average Bonchev–Trinajstić information content (AvgIpc) is 2.81. The minimum absolute atomic E-state index is 0.136. The molecule has 2 aromatic carbocycles. The van der Waals surface area contributed by atoms with Gasteiger partial charge in [0.1, 0.15) is 28.7 Å². The van der Waals surface area contributed by atoms with Gasteiger partial charge in [-0.1, -0.05) is 24.3 Å². The summed E-state index contributed by atoms with van der Waals surface area (Å²) >= 11 is 0. The van der Waals surface area contributed by atoms with Gasteiger partial charge in [0, 0.05) is 5.39 Å². The minimum Gasteiger partial charge on any atom is -0.459 e. The van der Waals surface area contributed by atoms with Crippen molar-refractivity contribution in [3.8, 4) is 0 Å². The normalized spacial score (nSPS) is 10.8. The van der Waals surface area contributed by atoms with Crippen molar-refractivity contribution in [3.63, 3.8) is 0 Å². The van der Waals surface area contributed by atoms with E-state index < -0.39 is 11.6 Å². The minimum atomic E-state index is -0.615. The largest absolute Gasteiger partial charge is 0.459 e. The fraction of sp³-hybridized carbons (Fsp3) is 0.0667. The van der Waals surface area contributed by atoms with Crippen LogP contribution in [-0.2, 0) is 6.54 Å². The Balaban J connectivity index is 1.82. The van der Waals surface area contributed by atoms with Gasteiger partial charge in [-0.3, -0.25) is 0 Å². The van der Waals surface area contributed by atoms with Crippen LogP contribution in [0.2, 0.25) is 0 Å². The molecule has 0 amide bonds. The fourth-order valence-corrected chi connectivity index (χ4v) is 1.97. The summed E-state index contributed by atoms with van der Waals surface area (Å²) in [5.41, 5.74) is 0.622. The van der Waals surface area contributed by atoms with Gasteiger partial charge in [0.2, 0.25) is 0 Å². The first kappa shape index (κ1) is 11.7. The van der Waals surface area contributed by atoms with Crippen molar-refractivity contribution in [3.05, 3.63) is 65.9 Å². The first-order chi connectivity index (χ1) is 9.24. The van der Waals surface area contributed by atoms with E-state index in [1.165, 1.54) is 18.2 Å². The smallest absolute Gasteiger partial charge is 0.149 e. The second-order valence-electron chi connectivity index (χ2n) is 4.20. The predicted molar refractivity (Wildman–Crippen MR) is 69.9 cm³/mol. The highest BCUT2D eigenvalue weighted by Crippen LogP contribution is 2.22. The van der Waals surface area contributed by atoms with Crippen LogP contribution in [0, 0.1) is 11.6 Å². The predicted octanol–water partition coefficient (Wildman–Crippen LogP) is 4.32. The molecule has 1 N–H and O–H groups in total. The second kappa shape index (κ2) is 4.72. The van der Waals surface area contributed by atoms with E-state index in [2.05, 4.69) is 5.32 Å². The number of furan rings is 1. The first-order valence-electron chi connectivity index (χ1n) is 5.89. The third-order valence-electron chi connectivity index (χ3n) is 2.88. The van der Waals surface area contributed by atoms with Crippen molar-refractivity contribution in [2.24, 2.45) is 0 Å². The molecular formula is C15H11F2NO. The molecule has 19 heavy (non-hydrogen) atoms. The Morgan fingerprint density at radius 3 is 2.42 bits per heavy atom. The van der Waals surface area contributed by atoms with Gasteiger partial charge >= 0.3 is 0 Å². The van der Waals surface area contributed by atoms with Crippen LogP contribution in [-0.4, -0.2) is 0 Å². The van der Waals surface area contributed by atoms with Gasteiger partial charge in [-0.05, 0) is 24.3 Å². The van der Waals surface area contributed by atoms with Crippen molar-refractivity contribution in [1.82, 2.24) is 0 Å². The van der Waals surface area contributed by atoms with E-state index in [1.807, 2.05) is 30.3 Å². The maximum Gasteiger partial charge on any atom is 0.149 e. The van der Waals surface area contributed by atoms with Gasteiger partial charge in [-0.2, -0.15) is 0 Å². The van der Waals surface area contributed by atoms with Crippen molar-refractivity contribution in [2.45, 2.75) is 6.54 Å². The molecule has 0 radical (unpaired) electrons. The quantitative estimate of drug-likeness (QED) is 0.757. The molecule has 1 heterocycles. The van der Waals surface area contributed by atoms with Crippen LogP contribution in [0.3, 0.4) is 0 Å². The van der Waals surface area contributed by atoms with E-state index >= 15 is 0 Å². The highest BCUT2D eigenvalue weighted by Gasteiger charge is 2.09. The molecule has 96 valence electrons. The Bertz CT molecular complexity index is 668. The molecule has 0 aliphatic heterocycles. The monoisotopic (exact) mass is 259 g/mol. The van der Waals surface area contributed by atoms with Gasteiger partial charge in [-0.15, -0.1) is 0 Å². The first-order valence-corrected chi connectivity index (χ1v) is 5.89. The highest BCUT2D eigenvalue weighted by atomic mass is 19.1. The average molecular weight is 259 g/mol. The Labute approximate surface area is 108 Å². The number of hydrogen-bond donors (Lipinski definition) is 1. The Kier molecular flexibility index (Phi) is 2.91. The number of nitrogens with one attached hydrogen (secondary N) is 1. The van der Waals surface area contributed by atoms with Gasteiger partial charge in [0.15, 0.2) is 0 Å². The molecule has 4 heteroatoms. The molecule has 3 rings (SSSR count). The fourth-order valence-electron chi connectivity index (χ4n) is 1.97. The van der Waals surface area contributed by atoms with E-state index in [0.29, 0.717) is 5.76 Å². The molecule has 0 unspecified atom stereocenters. The number of hydrogen-bond acceptors (Lipinski definition) is 2. The lowest BCUT2D eigenvalue weighted by molar-refractivity contribution is 0.553. The SMILES string of the molecule is Fc1cccc(F)c1NCc1cc2ccccc2o1. The van der Waals surface area contributed by atoms with Crippen LogP contribution in [0.25, 0.3) is 11.0 Å². The Morgan fingerprint density at radius 2 is 1.68 bits per heavy atom. The third kappa shape index (κ3) is 2.29. The zero-order valence-corrected chi connectivity index (χ0v) is 9.99. The van der Waals surface area contributed by atoms with Gasteiger partial charge in [0.05, 0.1) is 6.54 Å². The topological polar surface area (TPSA) is 25.2 Å². The number of halogens is 2. The van der Waals surface area contributed by atoms with Gasteiger partial charge < -0.3 is 9.73 Å². The molecule has 0 spiro atoms. The molecule has 0 bridgehead atoms. The van der Waals surface area contributed by atoms with Crippen LogP contribution in [0.1, 0.15) is 5.76 Å². The van der Waals surface area contributed by atoms with Crippen molar-refractivity contribution < 1.29 is 13.2 Å². The summed E-state index contributed by atoms with van der Waals surface area (Å²) in [6, 6.07) is 13.2. The Hall–Kier alpha value is -2.36. The zero-order chi connectivity index (χ0) is 13.2. The molecule has 3 aromatic rings. The molecular weight excluding hydrogens is 248 g/mol. The lowest BCUT2D eigenvalue weighted by Gasteiger charge is -2.06. The molecule has 0 saturated heterocycles. The number of rotatable bonds is 3. The highest BCUT2D eigenvalue weighted by molar-refractivity contribution is 5.77. The summed E-state index contributed by atoms with van der Waals surface area (Å²) in [4.78, 5) is 0. The Morgan fingerprint density at radius 1 is 0.947 bits per heavy atom. The zero-order valence-electron chi connectivity index (χ0n) is 9.99. The lowest BCUT2D eigenvalue weighted by Crippen LogP contribution is -2.02. The van der Waals surface area contributed by atoms with Crippen molar-refractivity contribution >= 4 is 16.7 Å². The molecule has 0 aliphatic carbocycles. The standard InChI is InChI=1S/C15H11F2NO/c16-12-5-3-6-13(17)15(12)18-9-11-8-10-4-1-2-7-14(10)19-11/h1-8,18H,9H2. The molecule has 0 fully saturated rings. The van der Waals surface area contributed by atoms with E-state index in [0.717, 1.165) is 11.0 Å². The summed E-state index contributed by atoms with van der Waals surface area (Å²) < 4.78 is 32.4. The molecule has 1 aromatic heterocycles. The summed E-state index contributed by atoms with van der Waals surface area (Å²) in [5.74, 6) is -0.601. The number of para-hydroxylation sites is 2. The van der Waals surface area contributed by atoms with Crippen molar-refractivity contribution in [2.75, 3.05) is 5.32 Å². The second-order valence-corrected chi connectivity index (χ2v) is 4.20. The van der Waals surface area contributed by atoms with Crippen LogP contribution in [0.4, 0.5) is 14.5 Å². The van der Waals surface area contributed by atoms with E-state index in [1.54, 1.807) is 0 Å². The molecule has 0 atom stereocenters. The summed E-state index contributed by atoms with van der Waals surface area (Å²) in [6.45, 7) is 0.229. The number of anilines is 1. The lowest BCUT2D eigenvalue weighted by atomic mass is 10.2. The summed E-state index contributed by atoms with van der Waals surface area (Å²) in [7, 11) is 0. The third-order valence-corrected chi connectivity index (χ3v) is 2.88. The maximum atomic E-state index is 13.4. The summed E-state index contributed by atoms with van der Waals surface area (Å²) in [5, 5.41) is 3.68. The molecule has 2 nitrogen and oxygen atoms in total. The van der Waals surface area contributed by atoms with Gasteiger partial charge in [-0.25, -0.2) is 8.78 Å². The van der Waals surface area contributed by atoms with Crippen LogP contribution >= 0.6 is 0 Å². The van der Waals surface area contributed by atoms with E-state index in [9.17, 15) is 8.78 Å². The number of fused-ring (bicyclic) bond motifs is 1. The van der Waals surface area contributed by atoms with E-state index in [4.69, 9.17) is 4.42 Å². The number of benzene rings is 2. The summed E-state index contributed by atoms with van der Waals surface area (Å²) in [6.07, 6.45) is 0. The molecule has 0 saturated carbocycles.